The molecule has 2 aromatic carbocycles. The molecule has 0 aliphatic carbocycles. The largest absolute Gasteiger partial charge is 0.392 e. The minimum Gasteiger partial charge on any atom is -0.392 e. The highest BCUT2D eigenvalue weighted by Crippen LogP contribution is 2.31. The van der Waals surface area contributed by atoms with Gasteiger partial charge in [0.15, 0.2) is 0 Å². The van der Waals surface area contributed by atoms with E-state index in [-0.39, 0.29) is 6.10 Å². The highest BCUT2D eigenvalue weighted by molar-refractivity contribution is 5.70. The van der Waals surface area contributed by atoms with Crippen molar-refractivity contribution in [3.05, 3.63) is 65.9 Å². The van der Waals surface area contributed by atoms with Gasteiger partial charge >= 0.3 is 0 Å². The van der Waals surface area contributed by atoms with Gasteiger partial charge in [-0.1, -0.05) is 66.7 Å². The van der Waals surface area contributed by atoms with Crippen molar-refractivity contribution in [2.45, 2.75) is 32.4 Å². The van der Waals surface area contributed by atoms with E-state index in [1.165, 1.54) is 11.1 Å². The molecule has 1 aliphatic heterocycles. The minimum absolute atomic E-state index is 0.273. The second-order valence-corrected chi connectivity index (χ2v) is 6.92. The Hall–Kier alpha value is -2.43. The zero-order valence-electron chi connectivity index (χ0n) is 15.1. The van der Waals surface area contributed by atoms with Gasteiger partial charge in [0.1, 0.15) is 11.5 Å². The lowest BCUT2D eigenvalue weighted by molar-refractivity contribution is 0.100. The molecule has 0 radical (unpaired) electrons. The summed E-state index contributed by atoms with van der Waals surface area (Å²) >= 11 is 0. The van der Waals surface area contributed by atoms with Gasteiger partial charge in [-0.25, -0.2) is 0 Å². The van der Waals surface area contributed by atoms with Crippen LogP contribution in [0.4, 0.5) is 0 Å². The lowest BCUT2D eigenvalue weighted by Crippen LogP contribution is -2.36. The smallest absolute Gasteiger partial charge is 0.143 e. The topological polar surface area (TPSA) is 49.5 Å². The molecule has 1 aromatic heterocycles. The highest BCUT2D eigenvalue weighted by Gasteiger charge is 2.25. The summed E-state index contributed by atoms with van der Waals surface area (Å²) in [6.45, 7) is 4.41. The number of aromatic nitrogens is 1. The van der Waals surface area contributed by atoms with Gasteiger partial charge in [0.2, 0.25) is 0 Å². The van der Waals surface area contributed by atoms with Crippen LogP contribution in [0.2, 0.25) is 0 Å². The molecule has 0 amide bonds. The number of hydrogen-bond donors (Lipinski definition) is 1. The lowest BCUT2D eigenvalue weighted by atomic mass is 9.98. The maximum Gasteiger partial charge on any atom is 0.143 e. The number of β-amino-alcohol motifs (C(OH)–C–C–N with tert-alkyl or cyclic N) is 1. The van der Waals surface area contributed by atoms with Crippen LogP contribution in [-0.4, -0.2) is 34.4 Å². The Bertz CT molecular complexity index is 856. The SMILES string of the molecule is CCC(O)CN1CCc2onc(-c3ccc(-c4ccccc4)cc3)c2C1. The molecule has 0 spiro atoms. The van der Waals surface area contributed by atoms with Crippen LogP contribution in [0.5, 0.6) is 0 Å². The number of fused-ring (bicyclic) bond motifs is 1. The second kappa shape index (κ2) is 7.44. The monoisotopic (exact) mass is 348 g/mol. The number of aliphatic hydroxyl groups excluding tert-OH is 1. The first-order valence-electron chi connectivity index (χ1n) is 9.28. The summed E-state index contributed by atoms with van der Waals surface area (Å²) < 4.78 is 5.60. The number of rotatable bonds is 5. The molecule has 1 unspecified atom stereocenters. The van der Waals surface area contributed by atoms with Crippen LogP contribution >= 0.6 is 0 Å². The van der Waals surface area contributed by atoms with E-state index in [0.29, 0.717) is 6.54 Å². The maximum absolute atomic E-state index is 9.95. The fraction of sp³-hybridized carbons (Fsp3) is 0.318. The third-order valence-electron chi connectivity index (χ3n) is 5.11. The third-order valence-corrected chi connectivity index (χ3v) is 5.11. The molecular weight excluding hydrogens is 324 g/mol. The number of aliphatic hydroxyl groups is 1. The van der Waals surface area contributed by atoms with Crippen LogP contribution < -0.4 is 0 Å². The zero-order valence-corrected chi connectivity index (χ0v) is 15.1. The van der Waals surface area contributed by atoms with Crippen molar-refractivity contribution in [1.82, 2.24) is 10.1 Å². The fourth-order valence-electron chi connectivity index (χ4n) is 3.53. The molecule has 4 nitrogen and oxygen atoms in total. The van der Waals surface area contributed by atoms with E-state index >= 15 is 0 Å². The maximum atomic E-state index is 9.95. The van der Waals surface area contributed by atoms with Crippen LogP contribution in [0.3, 0.4) is 0 Å². The zero-order chi connectivity index (χ0) is 17.9. The first-order valence-corrected chi connectivity index (χ1v) is 9.28. The Morgan fingerprint density at radius 1 is 1.04 bits per heavy atom. The average Bonchev–Trinajstić information content (AvgIpc) is 3.12. The first-order chi connectivity index (χ1) is 12.7. The molecule has 2 heterocycles. The molecule has 0 bridgehead atoms. The summed E-state index contributed by atoms with van der Waals surface area (Å²) in [5.74, 6) is 0.981. The summed E-state index contributed by atoms with van der Waals surface area (Å²) in [6, 6.07) is 18.8. The Kier molecular flexibility index (Phi) is 4.87. The Balaban J connectivity index is 1.57. The van der Waals surface area contributed by atoms with Gasteiger partial charge in [-0.2, -0.15) is 0 Å². The van der Waals surface area contributed by atoms with Crippen LogP contribution in [-0.2, 0) is 13.0 Å². The molecule has 1 aliphatic rings. The summed E-state index contributed by atoms with van der Waals surface area (Å²) in [6.07, 6.45) is 1.35. The normalized spacial score (nSPS) is 15.6. The minimum atomic E-state index is -0.273. The van der Waals surface area contributed by atoms with E-state index in [1.54, 1.807) is 0 Å². The molecule has 1 N–H and O–H groups in total. The van der Waals surface area contributed by atoms with Crippen LogP contribution in [0.1, 0.15) is 24.7 Å². The van der Waals surface area contributed by atoms with Crippen molar-refractivity contribution >= 4 is 0 Å². The van der Waals surface area contributed by atoms with Crippen molar-refractivity contribution in [1.29, 1.82) is 0 Å². The van der Waals surface area contributed by atoms with Crippen LogP contribution in [0, 0.1) is 0 Å². The van der Waals surface area contributed by atoms with E-state index in [9.17, 15) is 5.11 Å². The van der Waals surface area contributed by atoms with Gasteiger partial charge in [0.05, 0.1) is 6.10 Å². The number of nitrogens with zero attached hydrogens (tertiary/aromatic N) is 2. The second-order valence-electron chi connectivity index (χ2n) is 6.92. The Labute approximate surface area is 154 Å². The molecule has 4 rings (SSSR count). The molecule has 3 aromatic rings. The molecule has 4 heteroatoms. The van der Waals surface area contributed by atoms with Gasteiger partial charge in [0.25, 0.3) is 0 Å². The first kappa shape index (κ1) is 17.0. The molecule has 0 fully saturated rings. The van der Waals surface area contributed by atoms with E-state index in [2.05, 4.69) is 58.6 Å². The van der Waals surface area contributed by atoms with Gasteiger partial charge in [-0.15, -0.1) is 0 Å². The predicted octanol–water partition coefficient (Wildman–Crippen LogP) is 4.14. The molecule has 0 saturated carbocycles. The Morgan fingerprint density at radius 2 is 1.73 bits per heavy atom. The van der Waals surface area contributed by atoms with Gasteiger partial charge < -0.3 is 9.63 Å². The van der Waals surface area contributed by atoms with E-state index < -0.39 is 0 Å². The van der Waals surface area contributed by atoms with Crippen molar-refractivity contribution in [2.24, 2.45) is 0 Å². The number of hydrogen-bond acceptors (Lipinski definition) is 4. The van der Waals surface area contributed by atoms with Crippen LogP contribution in [0.25, 0.3) is 22.4 Å². The van der Waals surface area contributed by atoms with Crippen molar-refractivity contribution in [2.75, 3.05) is 13.1 Å². The quantitative estimate of drug-likeness (QED) is 0.753. The summed E-state index contributed by atoms with van der Waals surface area (Å²) in [5.41, 5.74) is 5.57. The van der Waals surface area contributed by atoms with Gasteiger partial charge in [-0.05, 0) is 17.5 Å². The van der Waals surface area contributed by atoms with E-state index in [1.807, 2.05) is 13.0 Å². The summed E-state index contributed by atoms with van der Waals surface area (Å²) in [4.78, 5) is 2.29. The highest BCUT2D eigenvalue weighted by atomic mass is 16.5. The van der Waals surface area contributed by atoms with E-state index in [0.717, 1.165) is 48.5 Å². The van der Waals surface area contributed by atoms with Crippen LogP contribution in [0.15, 0.2) is 59.1 Å². The standard InChI is InChI=1S/C22H24N2O2/c1-2-19(25)14-24-13-12-21-20(15-24)22(23-26-21)18-10-8-17(9-11-18)16-6-4-3-5-7-16/h3-11,19,25H,2,12-15H2,1H3. The Morgan fingerprint density at radius 3 is 2.46 bits per heavy atom. The van der Waals surface area contributed by atoms with Crippen molar-refractivity contribution < 1.29 is 9.63 Å². The summed E-state index contributed by atoms with van der Waals surface area (Å²) in [5, 5.41) is 14.3. The molecule has 26 heavy (non-hydrogen) atoms. The van der Waals surface area contributed by atoms with Crippen molar-refractivity contribution in [3.63, 3.8) is 0 Å². The van der Waals surface area contributed by atoms with Gasteiger partial charge in [0, 0.05) is 37.2 Å². The van der Waals surface area contributed by atoms with Crippen molar-refractivity contribution in [3.8, 4) is 22.4 Å². The molecule has 1 atom stereocenters. The van der Waals surface area contributed by atoms with E-state index in [4.69, 9.17) is 4.52 Å². The third kappa shape index (κ3) is 3.43. The molecule has 134 valence electrons. The molecular formula is C22H24N2O2. The van der Waals surface area contributed by atoms with Gasteiger partial charge in [-0.3, -0.25) is 4.90 Å². The molecule has 0 saturated heterocycles. The lowest BCUT2D eigenvalue weighted by Gasteiger charge is -2.27. The average molecular weight is 348 g/mol. The fourth-order valence-corrected chi connectivity index (χ4v) is 3.53. The number of benzene rings is 2. The predicted molar refractivity (Wildman–Crippen MR) is 103 cm³/mol. The summed E-state index contributed by atoms with van der Waals surface area (Å²) in [7, 11) is 0.